The van der Waals surface area contributed by atoms with Gasteiger partial charge in [0.15, 0.2) is 0 Å². The Hall–Kier alpha value is -1.44. The van der Waals surface area contributed by atoms with Gasteiger partial charge < -0.3 is 4.74 Å². The van der Waals surface area contributed by atoms with Crippen molar-refractivity contribution in [2.24, 2.45) is 0 Å². The van der Waals surface area contributed by atoms with Crippen LogP contribution in [0.4, 0.5) is 0 Å². The standard InChI is InChI=1S/C14H16N2O3S2/c17-21(18,14-4-2-10-20-14)16-9-1-3-13(11-16)19-12-5-7-15-8-6-12/h2,4-8,10,13H,1,3,9,11H2. The van der Waals surface area contributed by atoms with Gasteiger partial charge in [0.1, 0.15) is 16.1 Å². The zero-order chi connectivity index (χ0) is 14.7. The van der Waals surface area contributed by atoms with Crippen LogP contribution in [0, 0.1) is 0 Å². The van der Waals surface area contributed by atoms with Gasteiger partial charge in [-0.25, -0.2) is 8.42 Å². The van der Waals surface area contributed by atoms with Gasteiger partial charge in [-0.05, 0) is 36.4 Å². The molecule has 0 spiro atoms. The highest BCUT2D eigenvalue weighted by Crippen LogP contribution is 2.25. The lowest BCUT2D eigenvalue weighted by Gasteiger charge is -2.31. The number of pyridine rings is 1. The molecule has 3 heterocycles. The highest BCUT2D eigenvalue weighted by atomic mass is 32.2. The predicted octanol–water partition coefficient (Wildman–Crippen LogP) is 2.38. The van der Waals surface area contributed by atoms with E-state index in [-0.39, 0.29) is 6.10 Å². The highest BCUT2D eigenvalue weighted by Gasteiger charge is 2.31. The smallest absolute Gasteiger partial charge is 0.252 e. The van der Waals surface area contributed by atoms with Gasteiger partial charge >= 0.3 is 0 Å². The molecule has 0 saturated carbocycles. The summed E-state index contributed by atoms with van der Waals surface area (Å²) in [5.74, 6) is 0.727. The van der Waals surface area contributed by atoms with E-state index in [1.165, 1.54) is 15.6 Å². The summed E-state index contributed by atoms with van der Waals surface area (Å²) >= 11 is 1.25. The van der Waals surface area contributed by atoms with Crippen molar-refractivity contribution in [2.45, 2.75) is 23.2 Å². The minimum atomic E-state index is -3.38. The quantitative estimate of drug-likeness (QED) is 0.866. The molecule has 5 nitrogen and oxygen atoms in total. The van der Waals surface area contributed by atoms with Crippen molar-refractivity contribution in [1.82, 2.24) is 9.29 Å². The number of nitrogens with zero attached hydrogens (tertiary/aromatic N) is 2. The average molecular weight is 324 g/mol. The van der Waals surface area contributed by atoms with E-state index in [4.69, 9.17) is 4.74 Å². The Morgan fingerprint density at radius 2 is 2.10 bits per heavy atom. The van der Waals surface area contributed by atoms with E-state index in [0.717, 1.165) is 18.6 Å². The molecule has 21 heavy (non-hydrogen) atoms. The Bertz CT molecular complexity index is 672. The molecule has 1 aliphatic rings. The van der Waals surface area contributed by atoms with Crippen LogP contribution in [0.2, 0.25) is 0 Å². The molecule has 0 aromatic carbocycles. The van der Waals surface area contributed by atoms with Gasteiger partial charge in [-0.2, -0.15) is 4.31 Å². The van der Waals surface area contributed by atoms with Gasteiger partial charge in [0.2, 0.25) is 0 Å². The Kier molecular flexibility index (Phi) is 4.23. The number of aromatic nitrogens is 1. The Morgan fingerprint density at radius 1 is 1.29 bits per heavy atom. The monoisotopic (exact) mass is 324 g/mol. The lowest BCUT2D eigenvalue weighted by molar-refractivity contribution is 0.130. The summed E-state index contributed by atoms with van der Waals surface area (Å²) in [6, 6.07) is 6.97. The highest BCUT2D eigenvalue weighted by molar-refractivity contribution is 7.91. The maximum Gasteiger partial charge on any atom is 0.252 e. The fraction of sp³-hybridized carbons (Fsp3) is 0.357. The molecule has 7 heteroatoms. The average Bonchev–Trinajstić information content (AvgIpc) is 3.04. The van der Waals surface area contributed by atoms with Crippen molar-refractivity contribution in [3.8, 4) is 5.75 Å². The van der Waals surface area contributed by atoms with E-state index >= 15 is 0 Å². The largest absolute Gasteiger partial charge is 0.489 e. The second-order valence-corrected chi connectivity index (χ2v) is 7.97. The Labute approximate surface area is 128 Å². The van der Waals surface area contributed by atoms with E-state index in [0.29, 0.717) is 17.3 Å². The molecule has 1 fully saturated rings. The van der Waals surface area contributed by atoms with Crippen LogP contribution in [0.1, 0.15) is 12.8 Å². The molecule has 0 bridgehead atoms. The molecule has 1 aliphatic heterocycles. The zero-order valence-electron chi connectivity index (χ0n) is 11.4. The van der Waals surface area contributed by atoms with E-state index in [9.17, 15) is 8.42 Å². The first-order valence-corrected chi connectivity index (χ1v) is 9.08. The maximum absolute atomic E-state index is 12.5. The Balaban J connectivity index is 1.71. The third kappa shape index (κ3) is 3.25. The van der Waals surface area contributed by atoms with Gasteiger partial charge in [0, 0.05) is 18.9 Å². The minimum absolute atomic E-state index is 0.115. The molecule has 1 unspecified atom stereocenters. The molecule has 1 saturated heterocycles. The van der Waals surface area contributed by atoms with Crippen LogP contribution in [0.5, 0.6) is 5.75 Å². The number of sulfonamides is 1. The van der Waals surface area contributed by atoms with Crippen molar-refractivity contribution in [3.63, 3.8) is 0 Å². The molecule has 2 aromatic rings. The summed E-state index contributed by atoms with van der Waals surface area (Å²) in [6.45, 7) is 0.943. The minimum Gasteiger partial charge on any atom is -0.489 e. The molecule has 112 valence electrons. The first-order valence-electron chi connectivity index (χ1n) is 6.76. The summed E-state index contributed by atoms with van der Waals surface area (Å²) in [7, 11) is -3.38. The summed E-state index contributed by atoms with van der Waals surface area (Å²) in [6.07, 6.45) is 4.88. The molecule has 0 radical (unpaired) electrons. The molecule has 1 atom stereocenters. The molecule has 3 rings (SSSR count). The van der Waals surface area contributed by atoms with Crippen LogP contribution in [0.25, 0.3) is 0 Å². The molecular formula is C14H16N2O3S2. The predicted molar refractivity (Wildman–Crippen MR) is 81.0 cm³/mol. The first-order chi connectivity index (χ1) is 10.2. The van der Waals surface area contributed by atoms with Crippen LogP contribution in [0.3, 0.4) is 0 Å². The summed E-state index contributed by atoms with van der Waals surface area (Å²) in [5.41, 5.74) is 0. The fourth-order valence-corrected chi connectivity index (χ4v) is 5.02. The van der Waals surface area contributed by atoms with E-state index < -0.39 is 10.0 Å². The molecule has 0 amide bonds. The van der Waals surface area contributed by atoms with E-state index in [1.807, 2.05) is 0 Å². The molecule has 2 aromatic heterocycles. The van der Waals surface area contributed by atoms with Gasteiger partial charge in [-0.3, -0.25) is 4.98 Å². The topological polar surface area (TPSA) is 59.5 Å². The van der Waals surface area contributed by atoms with Crippen LogP contribution >= 0.6 is 11.3 Å². The van der Waals surface area contributed by atoms with Crippen molar-refractivity contribution >= 4 is 21.4 Å². The SMILES string of the molecule is O=S(=O)(c1cccs1)N1CCCC(Oc2ccncc2)C1. The van der Waals surface area contributed by atoms with Crippen LogP contribution < -0.4 is 4.74 Å². The lowest BCUT2D eigenvalue weighted by atomic mass is 10.1. The number of piperidine rings is 1. The van der Waals surface area contributed by atoms with Crippen LogP contribution in [-0.2, 0) is 10.0 Å². The zero-order valence-corrected chi connectivity index (χ0v) is 13.0. The normalized spacial score (nSPS) is 20.3. The van der Waals surface area contributed by atoms with Crippen LogP contribution in [0.15, 0.2) is 46.2 Å². The summed E-state index contributed by atoms with van der Waals surface area (Å²) in [4.78, 5) is 3.94. The maximum atomic E-state index is 12.5. The van der Waals surface area contributed by atoms with Crippen molar-refractivity contribution < 1.29 is 13.2 Å². The molecule has 0 N–H and O–H groups in total. The number of ether oxygens (including phenoxy) is 1. The van der Waals surface area contributed by atoms with Crippen molar-refractivity contribution in [1.29, 1.82) is 0 Å². The van der Waals surface area contributed by atoms with Gasteiger partial charge in [-0.1, -0.05) is 6.07 Å². The van der Waals surface area contributed by atoms with Gasteiger partial charge in [0.25, 0.3) is 10.0 Å². The van der Waals surface area contributed by atoms with E-state index in [1.54, 1.807) is 42.0 Å². The second kappa shape index (κ2) is 6.13. The third-order valence-electron chi connectivity index (χ3n) is 3.38. The fourth-order valence-electron chi connectivity index (χ4n) is 2.37. The van der Waals surface area contributed by atoms with Crippen molar-refractivity contribution in [3.05, 3.63) is 42.0 Å². The summed E-state index contributed by atoms with van der Waals surface area (Å²) < 4.78 is 32.8. The summed E-state index contributed by atoms with van der Waals surface area (Å²) in [5, 5.41) is 1.78. The number of hydrogen-bond donors (Lipinski definition) is 0. The third-order valence-corrected chi connectivity index (χ3v) is 6.62. The van der Waals surface area contributed by atoms with Gasteiger partial charge in [-0.15, -0.1) is 11.3 Å². The van der Waals surface area contributed by atoms with Crippen molar-refractivity contribution in [2.75, 3.05) is 13.1 Å². The van der Waals surface area contributed by atoms with Gasteiger partial charge in [0.05, 0.1) is 6.54 Å². The first kappa shape index (κ1) is 14.5. The number of thiophene rings is 1. The molecule has 0 aliphatic carbocycles. The molecular weight excluding hydrogens is 308 g/mol. The second-order valence-electron chi connectivity index (χ2n) is 4.86. The Morgan fingerprint density at radius 3 is 2.81 bits per heavy atom. The van der Waals surface area contributed by atoms with Crippen LogP contribution in [-0.4, -0.2) is 36.9 Å². The van der Waals surface area contributed by atoms with E-state index in [2.05, 4.69) is 4.98 Å². The lowest BCUT2D eigenvalue weighted by Crippen LogP contribution is -2.44. The number of hydrogen-bond acceptors (Lipinski definition) is 5. The number of rotatable bonds is 4.